The number of hydrogen-bond donors (Lipinski definition) is 1. The number of thioether (sulfide) groups is 1. The number of amides is 2. The molecule has 0 spiro atoms. The molecule has 166 valence electrons. The van der Waals surface area contributed by atoms with Crippen LogP contribution in [0.25, 0.3) is 0 Å². The molecule has 0 radical (unpaired) electrons. The lowest BCUT2D eigenvalue weighted by molar-refractivity contribution is 0.0526. The van der Waals surface area contributed by atoms with Crippen LogP contribution in [0.5, 0.6) is 0 Å². The van der Waals surface area contributed by atoms with Gasteiger partial charge in [-0.15, -0.1) is 0 Å². The van der Waals surface area contributed by atoms with Crippen molar-refractivity contribution in [2.75, 3.05) is 43.0 Å². The molecule has 0 bridgehead atoms. The van der Waals surface area contributed by atoms with Crippen molar-refractivity contribution in [1.29, 1.82) is 0 Å². The van der Waals surface area contributed by atoms with Crippen LogP contribution in [0.15, 0.2) is 47.5 Å². The first-order valence-corrected chi connectivity index (χ1v) is 10.8. The van der Waals surface area contributed by atoms with E-state index in [0.29, 0.717) is 66.5 Å². The number of halogens is 2. The number of pyridine rings is 1. The number of nitrogens with zero attached hydrogens (tertiary/aromatic N) is 3. The molecule has 10 heteroatoms. The SMILES string of the molecule is CCOC(=O)c1ccc(N2CCCN(C(=O)Nc3ccccc3SC(F)F)CC2)nc1. The fourth-order valence-electron chi connectivity index (χ4n) is 3.22. The Hall–Kier alpha value is -2.88. The third kappa shape index (κ3) is 6.30. The lowest BCUT2D eigenvalue weighted by atomic mass is 10.2. The molecule has 2 heterocycles. The average Bonchev–Trinajstić information content (AvgIpc) is 3.01. The molecule has 2 aromatic rings. The Kier molecular flexibility index (Phi) is 8.05. The average molecular weight is 451 g/mol. The Balaban J connectivity index is 1.60. The van der Waals surface area contributed by atoms with Crippen molar-refractivity contribution in [1.82, 2.24) is 9.88 Å². The van der Waals surface area contributed by atoms with Gasteiger partial charge in [-0.3, -0.25) is 0 Å². The summed E-state index contributed by atoms with van der Waals surface area (Å²) in [6.07, 6.45) is 2.21. The molecule has 7 nitrogen and oxygen atoms in total. The summed E-state index contributed by atoms with van der Waals surface area (Å²) >= 11 is 0.406. The highest BCUT2D eigenvalue weighted by atomic mass is 32.2. The molecule has 0 saturated carbocycles. The number of esters is 1. The number of hydrogen-bond acceptors (Lipinski definition) is 6. The molecule has 1 aromatic heterocycles. The van der Waals surface area contributed by atoms with Gasteiger partial charge >= 0.3 is 12.0 Å². The minimum Gasteiger partial charge on any atom is -0.462 e. The van der Waals surface area contributed by atoms with Crippen molar-refractivity contribution in [2.45, 2.75) is 24.0 Å². The number of alkyl halides is 2. The van der Waals surface area contributed by atoms with Crippen molar-refractivity contribution in [2.24, 2.45) is 0 Å². The number of ether oxygens (including phenoxy) is 1. The van der Waals surface area contributed by atoms with Crippen LogP contribution in [0.1, 0.15) is 23.7 Å². The molecule has 2 amide bonds. The number of para-hydroxylation sites is 1. The number of benzene rings is 1. The van der Waals surface area contributed by atoms with E-state index in [1.165, 1.54) is 6.20 Å². The van der Waals surface area contributed by atoms with E-state index in [4.69, 9.17) is 4.74 Å². The summed E-state index contributed by atoms with van der Waals surface area (Å²) in [6.45, 7) is 4.30. The van der Waals surface area contributed by atoms with Crippen molar-refractivity contribution in [3.05, 3.63) is 48.2 Å². The van der Waals surface area contributed by atoms with Gasteiger partial charge in [-0.25, -0.2) is 14.6 Å². The number of anilines is 2. The molecule has 3 rings (SSSR count). The second kappa shape index (κ2) is 10.9. The summed E-state index contributed by atoms with van der Waals surface area (Å²) in [7, 11) is 0. The summed E-state index contributed by atoms with van der Waals surface area (Å²) in [5.41, 5.74) is 0.761. The van der Waals surface area contributed by atoms with Crippen LogP contribution in [-0.4, -0.2) is 60.4 Å². The van der Waals surface area contributed by atoms with Crippen LogP contribution in [0, 0.1) is 0 Å². The maximum atomic E-state index is 12.8. The zero-order chi connectivity index (χ0) is 22.2. The lowest BCUT2D eigenvalue weighted by Crippen LogP contribution is -2.38. The zero-order valence-electron chi connectivity index (χ0n) is 17.1. The molecule has 0 atom stereocenters. The second-order valence-corrected chi connectivity index (χ2v) is 7.79. The van der Waals surface area contributed by atoms with Gasteiger partial charge in [0.2, 0.25) is 0 Å². The number of carbonyl (C=O) groups is 2. The summed E-state index contributed by atoms with van der Waals surface area (Å²) < 4.78 is 30.5. The van der Waals surface area contributed by atoms with Crippen molar-refractivity contribution in [3.8, 4) is 0 Å². The van der Waals surface area contributed by atoms with Gasteiger partial charge in [-0.05, 0) is 37.6 Å². The van der Waals surface area contributed by atoms with Crippen LogP contribution < -0.4 is 10.2 Å². The minimum absolute atomic E-state index is 0.301. The second-order valence-electron chi connectivity index (χ2n) is 6.76. The normalized spacial score (nSPS) is 14.3. The van der Waals surface area contributed by atoms with Crippen LogP contribution >= 0.6 is 11.8 Å². The maximum Gasteiger partial charge on any atom is 0.339 e. The lowest BCUT2D eigenvalue weighted by Gasteiger charge is -2.23. The van der Waals surface area contributed by atoms with E-state index in [9.17, 15) is 18.4 Å². The summed E-state index contributed by atoms with van der Waals surface area (Å²) in [6, 6.07) is 9.64. The van der Waals surface area contributed by atoms with Crippen LogP contribution in [-0.2, 0) is 4.74 Å². The molecule has 1 aromatic carbocycles. The van der Waals surface area contributed by atoms with E-state index in [1.54, 1.807) is 48.2 Å². The molecule has 1 aliphatic rings. The van der Waals surface area contributed by atoms with E-state index < -0.39 is 11.7 Å². The highest BCUT2D eigenvalue weighted by Crippen LogP contribution is 2.31. The van der Waals surface area contributed by atoms with Gasteiger partial charge in [0.05, 0.1) is 17.9 Å². The third-order valence-electron chi connectivity index (χ3n) is 4.71. The fraction of sp³-hybridized carbons (Fsp3) is 0.381. The smallest absolute Gasteiger partial charge is 0.339 e. The van der Waals surface area contributed by atoms with Gasteiger partial charge in [-0.2, -0.15) is 8.78 Å². The number of carbonyl (C=O) groups excluding carboxylic acids is 2. The molecular weight excluding hydrogens is 426 g/mol. The molecule has 0 aliphatic carbocycles. The predicted molar refractivity (Wildman–Crippen MR) is 116 cm³/mol. The van der Waals surface area contributed by atoms with Crippen molar-refractivity contribution >= 4 is 35.3 Å². The standard InChI is InChI=1S/C21H24F2N4O3S/c1-2-30-19(28)15-8-9-18(24-14-15)26-10-5-11-27(13-12-26)21(29)25-16-6-3-4-7-17(16)31-20(22)23/h3-4,6-9,14,20H,2,5,10-13H2,1H3,(H,25,29). The van der Waals surface area contributed by atoms with Crippen LogP contribution in [0.3, 0.4) is 0 Å². The first kappa shape index (κ1) is 22.8. The minimum atomic E-state index is -2.56. The number of urea groups is 1. The Morgan fingerprint density at radius 2 is 1.97 bits per heavy atom. The largest absolute Gasteiger partial charge is 0.462 e. The molecule has 1 aliphatic heterocycles. The predicted octanol–water partition coefficient (Wildman–Crippen LogP) is 4.32. The van der Waals surface area contributed by atoms with Gasteiger partial charge in [0, 0.05) is 37.3 Å². The first-order valence-electron chi connectivity index (χ1n) is 9.96. The topological polar surface area (TPSA) is 74.8 Å². The van der Waals surface area contributed by atoms with Gasteiger partial charge < -0.3 is 19.9 Å². The van der Waals surface area contributed by atoms with Gasteiger partial charge in [0.15, 0.2) is 0 Å². The Morgan fingerprint density at radius 1 is 1.16 bits per heavy atom. The van der Waals surface area contributed by atoms with E-state index in [1.807, 2.05) is 4.90 Å². The highest BCUT2D eigenvalue weighted by molar-refractivity contribution is 7.99. The molecule has 1 fully saturated rings. The van der Waals surface area contributed by atoms with Gasteiger partial charge in [-0.1, -0.05) is 23.9 Å². The molecule has 1 saturated heterocycles. The van der Waals surface area contributed by atoms with E-state index in [2.05, 4.69) is 10.3 Å². The number of aromatic nitrogens is 1. The van der Waals surface area contributed by atoms with Crippen LogP contribution in [0.2, 0.25) is 0 Å². The first-order chi connectivity index (χ1) is 15.0. The maximum absolute atomic E-state index is 12.8. The fourth-order valence-corrected chi connectivity index (χ4v) is 3.82. The third-order valence-corrected chi connectivity index (χ3v) is 5.50. The Labute approximate surface area is 183 Å². The van der Waals surface area contributed by atoms with E-state index in [-0.39, 0.29) is 6.03 Å². The monoisotopic (exact) mass is 450 g/mol. The van der Waals surface area contributed by atoms with Crippen molar-refractivity contribution < 1.29 is 23.1 Å². The quantitative estimate of drug-likeness (QED) is 0.522. The molecule has 1 N–H and O–H groups in total. The molecule has 31 heavy (non-hydrogen) atoms. The Bertz CT molecular complexity index is 898. The summed E-state index contributed by atoms with van der Waals surface area (Å²) in [5.74, 6) is -2.26. The molecule has 0 unspecified atom stereocenters. The number of rotatable bonds is 6. The van der Waals surface area contributed by atoms with Gasteiger partial charge in [0.1, 0.15) is 5.82 Å². The summed E-state index contributed by atoms with van der Waals surface area (Å²) in [5, 5.41) is 2.75. The number of nitrogens with one attached hydrogen (secondary N) is 1. The van der Waals surface area contributed by atoms with E-state index in [0.717, 1.165) is 6.42 Å². The molecular formula is C21H24F2N4O3S. The highest BCUT2D eigenvalue weighted by Gasteiger charge is 2.21. The van der Waals surface area contributed by atoms with Crippen molar-refractivity contribution in [3.63, 3.8) is 0 Å². The zero-order valence-corrected chi connectivity index (χ0v) is 17.9. The van der Waals surface area contributed by atoms with Crippen LogP contribution in [0.4, 0.5) is 25.1 Å². The Morgan fingerprint density at radius 3 is 2.68 bits per heavy atom. The summed E-state index contributed by atoms with van der Waals surface area (Å²) in [4.78, 5) is 32.9. The van der Waals surface area contributed by atoms with Gasteiger partial charge in [0.25, 0.3) is 5.76 Å². The van der Waals surface area contributed by atoms with E-state index >= 15 is 0 Å².